The van der Waals surface area contributed by atoms with E-state index < -0.39 is 11.1 Å². The number of rotatable bonds is 5. The SMILES string of the molecule is COc1cc(OC)cc(C(=O)Nc2cc3c(cc2N2CCCCC2)n(C)c(=O)c(=O)n3C)c1. The minimum atomic E-state index is -0.620. The number of fused-ring (bicyclic) bond motifs is 1. The zero-order valence-corrected chi connectivity index (χ0v) is 19.3. The Hall–Kier alpha value is -3.75. The van der Waals surface area contributed by atoms with Crippen molar-refractivity contribution in [1.29, 1.82) is 0 Å². The van der Waals surface area contributed by atoms with E-state index in [1.165, 1.54) is 23.4 Å². The van der Waals surface area contributed by atoms with E-state index >= 15 is 0 Å². The van der Waals surface area contributed by atoms with Crippen LogP contribution in [-0.4, -0.2) is 42.4 Å². The Morgan fingerprint density at radius 3 is 1.91 bits per heavy atom. The number of methoxy groups -OCH3 is 2. The van der Waals surface area contributed by atoms with Crippen LogP contribution in [0.1, 0.15) is 29.6 Å². The second-order valence-electron chi connectivity index (χ2n) is 8.19. The van der Waals surface area contributed by atoms with Crippen molar-refractivity contribution in [2.75, 3.05) is 37.5 Å². The third kappa shape index (κ3) is 4.18. The number of carbonyl (C=O) groups excluding carboxylic acids is 1. The van der Waals surface area contributed by atoms with Gasteiger partial charge in [0.25, 0.3) is 5.91 Å². The fourth-order valence-corrected chi connectivity index (χ4v) is 4.24. The molecule has 1 N–H and O–H groups in total. The molecule has 9 nitrogen and oxygen atoms in total. The Balaban J connectivity index is 1.85. The van der Waals surface area contributed by atoms with Gasteiger partial charge in [0.05, 0.1) is 36.6 Å². The van der Waals surface area contributed by atoms with Gasteiger partial charge in [-0.3, -0.25) is 14.4 Å². The van der Waals surface area contributed by atoms with E-state index in [1.54, 1.807) is 38.4 Å². The quantitative estimate of drug-likeness (QED) is 0.598. The number of benzene rings is 2. The molecule has 1 amide bonds. The summed E-state index contributed by atoms with van der Waals surface area (Å²) in [6, 6.07) is 8.61. The Morgan fingerprint density at radius 2 is 1.36 bits per heavy atom. The Labute approximate surface area is 191 Å². The lowest BCUT2D eigenvalue weighted by Gasteiger charge is -2.31. The van der Waals surface area contributed by atoms with Gasteiger partial charge in [-0.15, -0.1) is 0 Å². The molecular formula is C24H28N4O5. The van der Waals surface area contributed by atoms with E-state index in [4.69, 9.17) is 9.47 Å². The highest BCUT2D eigenvalue weighted by atomic mass is 16.5. The number of ether oxygens (including phenoxy) is 2. The summed E-state index contributed by atoms with van der Waals surface area (Å²) >= 11 is 0. The summed E-state index contributed by atoms with van der Waals surface area (Å²) in [5.74, 6) is 0.679. The van der Waals surface area contributed by atoms with Crippen LogP contribution >= 0.6 is 0 Å². The van der Waals surface area contributed by atoms with Gasteiger partial charge in [0.1, 0.15) is 11.5 Å². The van der Waals surface area contributed by atoms with E-state index in [0.717, 1.165) is 38.0 Å². The number of anilines is 2. The number of aromatic nitrogens is 2. The van der Waals surface area contributed by atoms with Crippen molar-refractivity contribution in [2.45, 2.75) is 19.3 Å². The summed E-state index contributed by atoms with van der Waals surface area (Å²) in [5.41, 5.74) is 1.75. The number of nitrogens with zero attached hydrogens (tertiary/aromatic N) is 3. The zero-order valence-electron chi connectivity index (χ0n) is 19.3. The molecule has 1 aromatic heterocycles. The van der Waals surface area contributed by atoms with Gasteiger partial charge in [-0.25, -0.2) is 0 Å². The normalized spacial score (nSPS) is 13.8. The summed E-state index contributed by atoms with van der Waals surface area (Å²) in [6.07, 6.45) is 3.25. The number of hydrogen-bond donors (Lipinski definition) is 1. The van der Waals surface area contributed by atoms with Crippen LogP contribution in [0.2, 0.25) is 0 Å². The topological polar surface area (TPSA) is 94.8 Å². The predicted molar refractivity (Wildman–Crippen MR) is 128 cm³/mol. The van der Waals surface area contributed by atoms with Crippen LogP contribution in [0.3, 0.4) is 0 Å². The first kappa shape index (κ1) is 22.4. The van der Waals surface area contributed by atoms with Gasteiger partial charge in [-0.2, -0.15) is 0 Å². The standard InChI is InChI=1S/C24H28N4O5/c1-26-20-13-18(25-22(29)15-10-16(32-3)12-17(11-15)33-4)19(28-8-6-5-7-9-28)14-21(20)27(2)24(31)23(26)30/h10-14H,5-9H2,1-4H3,(H,25,29). The van der Waals surface area contributed by atoms with Crippen LogP contribution in [-0.2, 0) is 14.1 Å². The highest BCUT2D eigenvalue weighted by Gasteiger charge is 2.20. The highest BCUT2D eigenvalue weighted by Crippen LogP contribution is 2.33. The third-order valence-electron chi connectivity index (χ3n) is 6.17. The van der Waals surface area contributed by atoms with E-state index in [1.807, 2.05) is 6.07 Å². The molecule has 1 saturated heterocycles. The maximum atomic E-state index is 13.2. The Morgan fingerprint density at radius 1 is 0.818 bits per heavy atom. The molecule has 0 radical (unpaired) electrons. The minimum absolute atomic E-state index is 0.334. The summed E-state index contributed by atoms with van der Waals surface area (Å²) in [4.78, 5) is 40.2. The second kappa shape index (κ2) is 9.01. The summed E-state index contributed by atoms with van der Waals surface area (Å²) in [7, 11) is 6.20. The monoisotopic (exact) mass is 452 g/mol. The molecule has 0 unspecified atom stereocenters. The summed E-state index contributed by atoms with van der Waals surface area (Å²) in [6.45, 7) is 1.70. The van der Waals surface area contributed by atoms with Crippen LogP contribution in [0.5, 0.6) is 11.5 Å². The number of hydrogen-bond acceptors (Lipinski definition) is 6. The number of piperidine rings is 1. The number of nitrogens with one attached hydrogen (secondary N) is 1. The van der Waals surface area contributed by atoms with Gasteiger partial charge in [0, 0.05) is 38.8 Å². The van der Waals surface area contributed by atoms with E-state index in [9.17, 15) is 14.4 Å². The van der Waals surface area contributed by atoms with Crippen molar-refractivity contribution in [1.82, 2.24) is 9.13 Å². The second-order valence-corrected chi connectivity index (χ2v) is 8.19. The lowest BCUT2D eigenvalue weighted by atomic mass is 10.1. The maximum absolute atomic E-state index is 13.2. The van der Waals surface area contributed by atoms with Crippen molar-refractivity contribution in [3.05, 3.63) is 56.6 Å². The first-order valence-corrected chi connectivity index (χ1v) is 10.9. The van der Waals surface area contributed by atoms with E-state index in [-0.39, 0.29) is 5.91 Å². The van der Waals surface area contributed by atoms with Gasteiger partial charge < -0.3 is 28.8 Å². The first-order valence-electron chi connectivity index (χ1n) is 10.9. The molecule has 0 spiro atoms. The summed E-state index contributed by atoms with van der Waals surface area (Å²) in [5, 5.41) is 3.01. The van der Waals surface area contributed by atoms with E-state index in [0.29, 0.717) is 33.8 Å². The molecule has 33 heavy (non-hydrogen) atoms. The van der Waals surface area contributed by atoms with Crippen LogP contribution in [0.15, 0.2) is 39.9 Å². The van der Waals surface area contributed by atoms with Crippen molar-refractivity contribution in [3.8, 4) is 11.5 Å². The molecule has 0 saturated carbocycles. The van der Waals surface area contributed by atoms with Crippen LogP contribution in [0.4, 0.5) is 11.4 Å². The molecule has 1 fully saturated rings. The number of aryl methyl sites for hydroxylation is 2. The lowest BCUT2D eigenvalue weighted by Crippen LogP contribution is -2.39. The smallest absolute Gasteiger partial charge is 0.316 e. The molecule has 0 aliphatic carbocycles. The molecule has 174 valence electrons. The summed E-state index contributed by atoms with van der Waals surface area (Å²) < 4.78 is 13.3. The van der Waals surface area contributed by atoms with Crippen molar-refractivity contribution in [2.24, 2.45) is 14.1 Å². The van der Waals surface area contributed by atoms with Gasteiger partial charge in [-0.1, -0.05) is 0 Å². The largest absolute Gasteiger partial charge is 0.497 e. The fraction of sp³-hybridized carbons (Fsp3) is 0.375. The molecule has 2 aromatic carbocycles. The van der Waals surface area contributed by atoms with Crippen molar-refractivity contribution >= 4 is 28.3 Å². The molecule has 2 heterocycles. The lowest BCUT2D eigenvalue weighted by molar-refractivity contribution is 0.102. The molecule has 1 aliphatic heterocycles. The van der Waals surface area contributed by atoms with Gasteiger partial charge in [0.2, 0.25) is 0 Å². The average Bonchev–Trinajstić information content (AvgIpc) is 2.85. The number of carbonyl (C=O) groups is 1. The van der Waals surface area contributed by atoms with Crippen molar-refractivity contribution < 1.29 is 14.3 Å². The molecule has 0 bridgehead atoms. The first-order chi connectivity index (χ1) is 15.8. The zero-order chi connectivity index (χ0) is 23.7. The Bertz CT molecular complexity index is 1310. The molecule has 1 aliphatic rings. The fourth-order valence-electron chi connectivity index (χ4n) is 4.24. The Kier molecular flexibility index (Phi) is 6.13. The van der Waals surface area contributed by atoms with Crippen LogP contribution in [0.25, 0.3) is 11.0 Å². The van der Waals surface area contributed by atoms with E-state index in [2.05, 4.69) is 10.2 Å². The highest BCUT2D eigenvalue weighted by molar-refractivity contribution is 6.07. The van der Waals surface area contributed by atoms with Crippen LogP contribution < -0.4 is 30.8 Å². The third-order valence-corrected chi connectivity index (χ3v) is 6.17. The van der Waals surface area contributed by atoms with Gasteiger partial charge >= 0.3 is 11.1 Å². The molecule has 0 atom stereocenters. The maximum Gasteiger partial charge on any atom is 0.316 e. The molecule has 3 aromatic rings. The minimum Gasteiger partial charge on any atom is -0.497 e. The van der Waals surface area contributed by atoms with Gasteiger partial charge in [-0.05, 0) is 43.5 Å². The molecule has 4 rings (SSSR count). The predicted octanol–water partition coefficient (Wildman–Crippen LogP) is 2.50. The van der Waals surface area contributed by atoms with Crippen LogP contribution in [0, 0.1) is 0 Å². The van der Waals surface area contributed by atoms with Crippen molar-refractivity contribution in [3.63, 3.8) is 0 Å². The molecule has 9 heteroatoms. The molecular weight excluding hydrogens is 424 g/mol. The number of amides is 1. The average molecular weight is 453 g/mol. The van der Waals surface area contributed by atoms with Gasteiger partial charge in [0.15, 0.2) is 0 Å².